The summed E-state index contributed by atoms with van der Waals surface area (Å²) in [5.74, 6) is 0.435. The van der Waals surface area contributed by atoms with Crippen molar-refractivity contribution >= 4 is 0 Å². The van der Waals surface area contributed by atoms with Gasteiger partial charge < -0.3 is 5.73 Å². The molecule has 0 spiro atoms. The Kier molecular flexibility index (Phi) is 3.57. The van der Waals surface area contributed by atoms with E-state index in [1.165, 1.54) is 11.1 Å². The Bertz CT molecular complexity index is 531. The molecule has 1 aliphatic heterocycles. The maximum Gasteiger partial charge on any atom is 0.0602 e. The molecule has 2 aromatic carbocycles. The first-order chi connectivity index (χ1) is 9.75. The first-order valence-corrected chi connectivity index (χ1v) is 7.04. The van der Waals surface area contributed by atoms with Crippen molar-refractivity contribution < 1.29 is 0 Å². The fourth-order valence-corrected chi connectivity index (χ4v) is 2.84. The molecule has 2 heteroatoms. The highest BCUT2D eigenvalue weighted by atomic mass is 15.2. The number of likely N-dealkylation sites (tertiary alicyclic amines) is 1. The lowest BCUT2D eigenvalue weighted by Crippen LogP contribution is -2.50. The highest BCUT2D eigenvalue weighted by Gasteiger charge is 2.34. The first kappa shape index (κ1) is 12.9. The summed E-state index contributed by atoms with van der Waals surface area (Å²) in [7, 11) is 0. The molecule has 1 fully saturated rings. The van der Waals surface area contributed by atoms with Gasteiger partial charge in [-0.15, -0.1) is 0 Å². The Morgan fingerprint density at radius 3 is 1.80 bits per heavy atom. The molecule has 1 aliphatic rings. The number of benzene rings is 2. The smallest absolute Gasteiger partial charge is 0.0602 e. The zero-order chi connectivity index (χ0) is 13.9. The molecule has 3 rings (SSSR count). The molecule has 2 N–H and O–H groups in total. The van der Waals surface area contributed by atoms with Crippen molar-refractivity contribution in [3.8, 4) is 0 Å². The van der Waals surface area contributed by atoms with Gasteiger partial charge in [0.25, 0.3) is 0 Å². The van der Waals surface area contributed by atoms with Crippen LogP contribution in [0.4, 0.5) is 0 Å². The lowest BCUT2D eigenvalue weighted by molar-refractivity contribution is 0.0884. The van der Waals surface area contributed by atoms with E-state index in [0.717, 1.165) is 18.8 Å². The van der Waals surface area contributed by atoms with E-state index in [1.807, 2.05) is 0 Å². The maximum absolute atomic E-state index is 5.82. The number of rotatable bonds is 4. The summed E-state index contributed by atoms with van der Waals surface area (Å²) < 4.78 is 0. The second-order valence-corrected chi connectivity index (χ2v) is 5.45. The van der Waals surface area contributed by atoms with Gasteiger partial charge in [0.1, 0.15) is 0 Å². The second kappa shape index (κ2) is 5.51. The highest BCUT2D eigenvalue weighted by Crippen LogP contribution is 2.35. The number of nitrogens with zero attached hydrogens (tertiary/aromatic N) is 1. The van der Waals surface area contributed by atoms with E-state index < -0.39 is 0 Å². The van der Waals surface area contributed by atoms with E-state index in [9.17, 15) is 0 Å². The van der Waals surface area contributed by atoms with Gasteiger partial charge in [-0.2, -0.15) is 0 Å². The maximum atomic E-state index is 5.82. The fourth-order valence-electron chi connectivity index (χ4n) is 2.84. The van der Waals surface area contributed by atoms with E-state index in [-0.39, 0.29) is 0 Å². The molecule has 0 atom stereocenters. The Morgan fingerprint density at radius 1 is 0.950 bits per heavy atom. The number of hydrogen-bond acceptors (Lipinski definition) is 2. The molecular formula is C18H20N2. The molecule has 0 saturated carbocycles. The van der Waals surface area contributed by atoms with Gasteiger partial charge in [0.15, 0.2) is 0 Å². The second-order valence-electron chi connectivity index (χ2n) is 5.45. The van der Waals surface area contributed by atoms with Crippen molar-refractivity contribution in [1.29, 1.82) is 0 Å². The Labute approximate surface area is 120 Å². The van der Waals surface area contributed by atoms with Crippen LogP contribution >= 0.6 is 0 Å². The third kappa shape index (κ3) is 2.47. The van der Waals surface area contributed by atoms with Crippen molar-refractivity contribution in [3.05, 3.63) is 84.1 Å². The molecule has 0 aliphatic carbocycles. The van der Waals surface area contributed by atoms with Crippen LogP contribution in [0.25, 0.3) is 0 Å². The average Bonchev–Trinajstić information content (AvgIpc) is 2.43. The molecule has 0 amide bonds. The third-order valence-electron chi connectivity index (χ3n) is 4.03. The first-order valence-electron chi connectivity index (χ1n) is 7.04. The predicted octanol–water partition coefficient (Wildman–Crippen LogP) is 3.18. The van der Waals surface area contributed by atoms with Gasteiger partial charge in [0.2, 0.25) is 0 Å². The summed E-state index contributed by atoms with van der Waals surface area (Å²) in [6.07, 6.45) is 0. The van der Waals surface area contributed by atoms with Gasteiger partial charge >= 0.3 is 0 Å². The van der Waals surface area contributed by atoms with Crippen molar-refractivity contribution in [2.45, 2.75) is 6.04 Å². The van der Waals surface area contributed by atoms with E-state index >= 15 is 0 Å². The summed E-state index contributed by atoms with van der Waals surface area (Å²) in [6.45, 7) is 5.85. The largest absolute Gasteiger partial charge is 0.402 e. The lowest BCUT2D eigenvalue weighted by atomic mass is 9.89. The zero-order valence-corrected chi connectivity index (χ0v) is 11.6. The van der Waals surface area contributed by atoms with Crippen molar-refractivity contribution in [1.82, 2.24) is 4.90 Å². The molecule has 0 bridgehead atoms. The molecule has 1 saturated heterocycles. The molecule has 0 radical (unpaired) electrons. The molecule has 1 heterocycles. The van der Waals surface area contributed by atoms with Crippen LogP contribution in [-0.4, -0.2) is 18.0 Å². The topological polar surface area (TPSA) is 29.3 Å². The standard InChI is InChI=1S/C18H20N2/c1-14(19)17-12-20(13-17)18(15-8-4-2-5-9-15)16-10-6-3-7-11-16/h2-11,17-18H,1,12-13,19H2. The molecule has 0 aromatic heterocycles. The van der Waals surface area contributed by atoms with Crippen molar-refractivity contribution in [2.75, 3.05) is 13.1 Å². The van der Waals surface area contributed by atoms with Crippen molar-refractivity contribution in [3.63, 3.8) is 0 Å². The van der Waals surface area contributed by atoms with Crippen molar-refractivity contribution in [2.24, 2.45) is 11.7 Å². The quantitative estimate of drug-likeness (QED) is 0.919. The van der Waals surface area contributed by atoms with Gasteiger partial charge in [-0.25, -0.2) is 0 Å². The summed E-state index contributed by atoms with van der Waals surface area (Å²) in [4.78, 5) is 2.47. The fraction of sp³-hybridized carbons (Fsp3) is 0.222. The van der Waals surface area contributed by atoms with Crippen LogP contribution in [0.15, 0.2) is 72.9 Å². The Hall–Kier alpha value is -2.06. The van der Waals surface area contributed by atoms with Crippen LogP contribution in [0.2, 0.25) is 0 Å². The molecular weight excluding hydrogens is 244 g/mol. The van der Waals surface area contributed by atoms with Crippen LogP contribution < -0.4 is 5.73 Å². The third-order valence-corrected chi connectivity index (χ3v) is 4.03. The van der Waals surface area contributed by atoms with E-state index in [0.29, 0.717) is 12.0 Å². The summed E-state index contributed by atoms with van der Waals surface area (Å²) in [5, 5.41) is 0. The predicted molar refractivity (Wildman–Crippen MR) is 83.1 cm³/mol. The Morgan fingerprint density at radius 2 is 1.40 bits per heavy atom. The molecule has 2 nitrogen and oxygen atoms in total. The van der Waals surface area contributed by atoms with Crippen LogP contribution in [0, 0.1) is 5.92 Å². The normalized spacial score (nSPS) is 16.1. The zero-order valence-electron chi connectivity index (χ0n) is 11.6. The van der Waals surface area contributed by atoms with Gasteiger partial charge in [0.05, 0.1) is 6.04 Å². The summed E-state index contributed by atoms with van der Waals surface area (Å²) >= 11 is 0. The number of hydrogen-bond donors (Lipinski definition) is 1. The lowest BCUT2D eigenvalue weighted by Gasteiger charge is -2.45. The molecule has 20 heavy (non-hydrogen) atoms. The average molecular weight is 264 g/mol. The summed E-state index contributed by atoms with van der Waals surface area (Å²) in [5.41, 5.74) is 9.29. The van der Waals surface area contributed by atoms with Crippen LogP contribution in [-0.2, 0) is 0 Å². The summed E-state index contributed by atoms with van der Waals surface area (Å²) in [6, 6.07) is 21.6. The Balaban J connectivity index is 1.88. The van der Waals surface area contributed by atoms with Crippen LogP contribution in [0.3, 0.4) is 0 Å². The van der Waals surface area contributed by atoms with E-state index in [2.05, 4.69) is 72.1 Å². The minimum Gasteiger partial charge on any atom is -0.402 e. The minimum atomic E-state index is 0.313. The minimum absolute atomic E-state index is 0.313. The monoisotopic (exact) mass is 264 g/mol. The van der Waals surface area contributed by atoms with Gasteiger partial charge in [-0.05, 0) is 11.1 Å². The molecule has 0 unspecified atom stereocenters. The van der Waals surface area contributed by atoms with Crippen LogP contribution in [0.1, 0.15) is 17.2 Å². The molecule has 102 valence electrons. The van der Waals surface area contributed by atoms with Crippen LogP contribution in [0.5, 0.6) is 0 Å². The van der Waals surface area contributed by atoms with Gasteiger partial charge in [-0.1, -0.05) is 67.2 Å². The van der Waals surface area contributed by atoms with Gasteiger partial charge in [0, 0.05) is 24.7 Å². The SMILES string of the molecule is C=C(N)C1CN(C(c2ccccc2)c2ccccc2)C1. The van der Waals surface area contributed by atoms with E-state index in [4.69, 9.17) is 5.73 Å². The number of nitrogens with two attached hydrogens (primary N) is 1. The molecule has 2 aromatic rings. The van der Waals surface area contributed by atoms with E-state index in [1.54, 1.807) is 0 Å². The van der Waals surface area contributed by atoms with Gasteiger partial charge in [-0.3, -0.25) is 4.90 Å². The highest BCUT2D eigenvalue weighted by molar-refractivity contribution is 5.32.